The van der Waals surface area contributed by atoms with Crippen molar-refractivity contribution >= 4 is 5.82 Å². The highest BCUT2D eigenvalue weighted by Gasteiger charge is 2.22. The van der Waals surface area contributed by atoms with Crippen LogP contribution in [0.1, 0.15) is 31.9 Å². The third-order valence-corrected chi connectivity index (χ3v) is 3.36. The van der Waals surface area contributed by atoms with Gasteiger partial charge in [0, 0.05) is 19.7 Å². The van der Waals surface area contributed by atoms with Crippen LogP contribution in [0, 0.1) is 5.92 Å². The molecule has 1 aliphatic heterocycles. The summed E-state index contributed by atoms with van der Waals surface area (Å²) in [6.45, 7) is 4.48. The lowest BCUT2D eigenvalue weighted by molar-refractivity contribution is 0.263. The van der Waals surface area contributed by atoms with Crippen LogP contribution in [0.4, 0.5) is 5.82 Å². The smallest absolute Gasteiger partial charge is 0.151 e. The van der Waals surface area contributed by atoms with Gasteiger partial charge in [-0.25, -0.2) is 0 Å². The molecule has 1 aromatic heterocycles. The summed E-state index contributed by atoms with van der Waals surface area (Å²) in [6.07, 6.45) is 4.16. The second-order valence-electron chi connectivity index (χ2n) is 4.75. The van der Waals surface area contributed by atoms with E-state index in [1.54, 1.807) is 0 Å². The molecule has 1 saturated heterocycles. The van der Waals surface area contributed by atoms with Crippen LogP contribution < -0.4 is 4.90 Å². The fraction of sp³-hybridized carbons (Fsp3) is 0.692. The largest absolute Gasteiger partial charge is 0.396 e. The van der Waals surface area contributed by atoms with Gasteiger partial charge in [-0.05, 0) is 37.3 Å². The van der Waals surface area contributed by atoms with E-state index in [2.05, 4.69) is 34.2 Å². The Bertz CT molecular complexity index is 339. The van der Waals surface area contributed by atoms with E-state index in [4.69, 9.17) is 5.11 Å². The lowest BCUT2D eigenvalue weighted by Gasteiger charge is -2.16. The van der Waals surface area contributed by atoms with Crippen LogP contribution in [-0.2, 0) is 6.42 Å². The van der Waals surface area contributed by atoms with Crippen LogP contribution in [0.3, 0.4) is 0 Å². The van der Waals surface area contributed by atoms with Crippen molar-refractivity contribution in [2.75, 3.05) is 24.6 Å². The Morgan fingerprint density at radius 3 is 2.94 bits per heavy atom. The molecule has 4 nitrogen and oxygen atoms in total. The summed E-state index contributed by atoms with van der Waals surface area (Å²) in [5, 5.41) is 17.5. The summed E-state index contributed by atoms with van der Waals surface area (Å²) in [4.78, 5) is 2.27. The monoisotopic (exact) mass is 235 g/mol. The second-order valence-corrected chi connectivity index (χ2v) is 4.75. The van der Waals surface area contributed by atoms with Gasteiger partial charge in [-0.1, -0.05) is 13.3 Å². The molecule has 2 heterocycles. The summed E-state index contributed by atoms with van der Waals surface area (Å²) in [5.74, 6) is 1.59. The van der Waals surface area contributed by atoms with Crippen LogP contribution in [0.2, 0.25) is 0 Å². The van der Waals surface area contributed by atoms with E-state index in [0.29, 0.717) is 12.5 Å². The maximum atomic E-state index is 8.93. The van der Waals surface area contributed by atoms with Gasteiger partial charge in [0.1, 0.15) is 0 Å². The molecule has 0 saturated carbocycles. The number of aromatic nitrogens is 2. The van der Waals surface area contributed by atoms with Crippen molar-refractivity contribution in [3.8, 4) is 0 Å². The van der Waals surface area contributed by atoms with Crippen molar-refractivity contribution in [2.24, 2.45) is 5.92 Å². The molecule has 1 aromatic rings. The zero-order valence-corrected chi connectivity index (χ0v) is 10.5. The van der Waals surface area contributed by atoms with Crippen LogP contribution in [-0.4, -0.2) is 35.0 Å². The lowest BCUT2D eigenvalue weighted by atomic mass is 10.1. The highest BCUT2D eigenvalue weighted by atomic mass is 16.3. The van der Waals surface area contributed by atoms with E-state index >= 15 is 0 Å². The zero-order chi connectivity index (χ0) is 12.1. The first-order chi connectivity index (χ1) is 8.33. The minimum absolute atomic E-state index is 0.291. The van der Waals surface area contributed by atoms with Gasteiger partial charge >= 0.3 is 0 Å². The van der Waals surface area contributed by atoms with Crippen LogP contribution in [0.5, 0.6) is 0 Å². The van der Waals surface area contributed by atoms with E-state index in [9.17, 15) is 0 Å². The first-order valence-corrected chi connectivity index (χ1v) is 6.52. The molecule has 0 bridgehead atoms. The molecule has 0 radical (unpaired) electrons. The van der Waals surface area contributed by atoms with Gasteiger partial charge in [0.05, 0.1) is 5.69 Å². The molecule has 1 aliphatic rings. The second kappa shape index (κ2) is 5.96. The van der Waals surface area contributed by atoms with Gasteiger partial charge in [-0.3, -0.25) is 0 Å². The van der Waals surface area contributed by atoms with E-state index < -0.39 is 0 Å². The number of aryl methyl sites for hydroxylation is 1. The van der Waals surface area contributed by atoms with Gasteiger partial charge in [0.2, 0.25) is 0 Å². The first-order valence-electron chi connectivity index (χ1n) is 6.52. The molecule has 94 valence electrons. The third kappa shape index (κ3) is 3.16. The van der Waals surface area contributed by atoms with Crippen LogP contribution in [0.15, 0.2) is 12.1 Å². The molecule has 4 heteroatoms. The predicted octanol–water partition coefficient (Wildman–Crippen LogP) is 1.64. The van der Waals surface area contributed by atoms with Crippen molar-refractivity contribution in [3.05, 3.63) is 17.8 Å². The molecule has 1 unspecified atom stereocenters. The fourth-order valence-corrected chi connectivity index (χ4v) is 2.37. The average Bonchev–Trinajstić information content (AvgIpc) is 2.80. The Morgan fingerprint density at radius 1 is 1.41 bits per heavy atom. The highest BCUT2D eigenvalue weighted by Crippen LogP contribution is 2.23. The Labute approximate surface area is 103 Å². The van der Waals surface area contributed by atoms with E-state index in [0.717, 1.165) is 50.3 Å². The Balaban J connectivity index is 1.94. The number of nitrogens with zero attached hydrogens (tertiary/aromatic N) is 3. The summed E-state index contributed by atoms with van der Waals surface area (Å²) in [6, 6.07) is 4.14. The predicted molar refractivity (Wildman–Crippen MR) is 68.0 cm³/mol. The molecule has 1 N–H and O–H groups in total. The summed E-state index contributed by atoms with van der Waals surface area (Å²) in [5.41, 5.74) is 1.07. The normalized spacial score (nSPS) is 19.9. The molecule has 17 heavy (non-hydrogen) atoms. The minimum atomic E-state index is 0.291. The topological polar surface area (TPSA) is 49.2 Å². The van der Waals surface area contributed by atoms with Gasteiger partial charge < -0.3 is 10.0 Å². The van der Waals surface area contributed by atoms with Gasteiger partial charge in [0.25, 0.3) is 0 Å². The molecule has 0 spiro atoms. The van der Waals surface area contributed by atoms with Gasteiger partial charge in [-0.2, -0.15) is 5.10 Å². The van der Waals surface area contributed by atoms with Crippen molar-refractivity contribution < 1.29 is 5.11 Å². The fourth-order valence-electron chi connectivity index (χ4n) is 2.37. The number of anilines is 1. The summed E-state index contributed by atoms with van der Waals surface area (Å²) >= 11 is 0. The molecule has 0 aromatic carbocycles. The molecular weight excluding hydrogens is 214 g/mol. The maximum Gasteiger partial charge on any atom is 0.151 e. The van der Waals surface area contributed by atoms with Crippen molar-refractivity contribution in [3.63, 3.8) is 0 Å². The SMILES string of the molecule is CCCc1ccc(N2CCC(CCO)C2)nn1. The Morgan fingerprint density at radius 2 is 2.29 bits per heavy atom. The molecular formula is C13H21N3O. The quantitative estimate of drug-likeness (QED) is 0.843. The maximum absolute atomic E-state index is 8.93. The molecule has 2 rings (SSSR count). The average molecular weight is 235 g/mol. The van der Waals surface area contributed by atoms with E-state index in [1.165, 1.54) is 0 Å². The number of aliphatic hydroxyl groups excluding tert-OH is 1. The Hall–Kier alpha value is -1.16. The van der Waals surface area contributed by atoms with Crippen molar-refractivity contribution in [2.45, 2.75) is 32.6 Å². The van der Waals surface area contributed by atoms with Gasteiger partial charge in [-0.15, -0.1) is 5.10 Å². The lowest BCUT2D eigenvalue weighted by Crippen LogP contribution is -2.21. The third-order valence-electron chi connectivity index (χ3n) is 3.36. The number of aliphatic hydroxyl groups is 1. The van der Waals surface area contributed by atoms with Crippen LogP contribution in [0.25, 0.3) is 0 Å². The minimum Gasteiger partial charge on any atom is -0.396 e. The standard InChI is InChI=1S/C13H21N3O/c1-2-3-12-4-5-13(15-14-12)16-8-6-11(10-16)7-9-17/h4-5,11,17H,2-3,6-10H2,1H3. The van der Waals surface area contributed by atoms with Crippen LogP contribution >= 0.6 is 0 Å². The summed E-state index contributed by atoms with van der Waals surface area (Å²) in [7, 11) is 0. The Kier molecular flexibility index (Phi) is 4.31. The molecule has 0 amide bonds. The molecule has 1 fully saturated rings. The zero-order valence-electron chi connectivity index (χ0n) is 10.5. The van der Waals surface area contributed by atoms with Crippen molar-refractivity contribution in [1.29, 1.82) is 0 Å². The van der Waals surface area contributed by atoms with Crippen molar-refractivity contribution in [1.82, 2.24) is 10.2 Å². The van der Waals surface area contributed by atoms with E-state index in [1.807, 2.05) is 0 Å². The molecule has 0 aliphatic carbocycles. The van der Waals surface area contributed by atoms with E-state index in [-0.39, 0.29) is 0 Å². The number of hydrogen-bond donors (Lipinski definition) is 1. The number of hydrogen-bond acceptors (Lipinski definition) is 4. The first kappa shape index (κ1) is 12.3. The molecule has 1 atom stereocenters. The number of rotatable bonds is 5. The van der Waals surface area contributed by atoms with Gasteiger partial charge in [0.15, 0.2) is 5.82 Å². The summed E-state index contributed by atoms with van der Waals surface area (Å²) < 4.78 is 0. The highest BCUT2D eigenvalue weighted by molar-refractivity contribution is 5.38.